The third-order valence-electron chi connectivity index (χ3n) is 5.09. The van der Waals surface area contributed by atoms with E-state index < -0.39 is 28.5 Å². The van der Waals surface area contributed by atoms with Crippen molar-refractivity contribution in [2.24, 2.45) is 0 Å². The van der Waals surface area contributed by atoms with Crippen LogP contribution in [0, 0.1) is 0 Å². The van der Waals surface area contributed by atoms with E-state index >= 15 is 0 Å². The summed E-state index contributed by atoms with van der Waals surface area (Å²) in [7, 11) is -3.81. The SMILES string of the molecule is CCS(=O)(=O)c1cc(Oc2ccccn2)cnc1-c1cc2ccn(CC(F)(F)C(F)(F)F)c2cn1. The van der Waals surface area contributed by atoms with Gasteiger partial charge in [-0.3, -0.25) is 4.98 Å². The molecule has 0 atom stereocenters. The Bertz CT molecular complexity index is 1470. The zero-order valence-electron chi connectivity index (χ0n) is 18.0. The molecule has 0 amide bonds. The molecular formula is C22H17F5N4O3S. The fraction of sp³-hybridized carbons (Fsp3) is 0.227. The van der Waals surface area contributed by atoms with Crippen molar-refractivity contribution < 1.29 is 35.1 Å². The molecule has 0 aliphatic heterocycles. The van der Waals surface area contributed by atoms with E-state index in [-0.39, 0.29) is 44.6 Å². The molecule has 0 aromatic carbocycles. The third-order valence-corrected chi connectivity index (χ3v) is 6.83. The first-order chi connectivity index (χ1) is 16.4. The second kappa shape index (κ2) is 8.87. The summed E-state index contributed by atoms with van der Waals surface area (Å²) in [6.45, 7) is -0.169. The molecule has 35 heavy (non-hydrogen) atoms. The van der Waals surface area contributed by atoms with Gasteiger partial charge in [0.15, 0.2) is 9.84 Å². The van der Waals surface area contributed by atoms with Crippen LogP contribution in [0.5, 0.6) is 11.6 Å². The lowest BCUT2D eigenvalue weighted by Crippen LogP contribution is -2.40. The highest BCUT2D eigenvalue weighted by Crippen LogP contribution is 2.38. The number of aromatic nitrogens is 4. The first-order valence-electron chi connectivity index (χ1n) is 10.1. The van der Waals surface area contributed by atoms with Crippen LogP contribution in [0.4, 0.5) is 22.0 Å². The summed E-state index contributed by atoms with van der Waals surface area (Å²) in [4.78, 5) is 12.1. The Morgan fingerprint density at radius 3 is 2.43 bits per heavy atom. The van der Waals surface area contributed by atoms with E-state index in [9.17, 15) is 30.4 Å². The van der Waals surface area contributed by atoms with Crippen LogP contribution in [0.2, 0.25) is 0 Å². The van der Waals surface area contributed by atoms with Crippen LogP contribution >= 0.6 is 0 Å². The molecule has 0 bridgehead atoms. The molecule has 13 heteroatoms. The highest BCUT2D eigenvalue weighted by Gasteiger charge is 2.57. The minimum atomic E-state index is -5.70. The fourth-order valence-electron chi connectivity index (χ4n) is 3.25. The van der Waals surface area contributed by atoms with E-state index in [1.807, 2.05) is 0 Å². The first kappa shape index (κ1) is 24.5. The predicted molar refractivity (Wildman–Crippen MR) is 116 cm³/mol. The number of halogens is 5. The summed E-state index contributed by atoms with van der Waals surface area (Å²) in [6, 6.07) is 8.92. The van der Waals surface area contributed by atoms with Gasteiger partial charge in [-0.25, -0.2) is 18.4 Å². The zero-order valence-corrected chi connectivity index (χ0v) is 18.8. The molecule has 0 spiro atoms. The molecule has 0 radical (unpaired) electrons. The van der Waals surface area contributed by atoms with Gasteiger partial charge in [0, 0.05) is 29.9 Å². The van der Waals surface area contributed by atoms with Gasteiger partial charge >= 0.3 is 12.1 Å². The van der Waals surface area contributed by atoms with Gasteiger partial charge in [-0.2, -0.15) is 22.0 Å². The second-order valence-electron chi connectivity index (χ2n) is 7.47. The largest absolute Gasteiger partial charge is 0.455 e. The van der Waals surface area contributed by atoms with Crippen LogP contribution in [-0.4, -0.2) is 45.8 Å². The molecule has 0 saturated carbocycles. The van der Waals surface area contributed by atoms with Crippen molar-refractivity contribution >= 4 is 20.7 Å². The normalized spacial score (nSPS) is 12.7. The van der Waals surface area contributed by atoms with Gasteiger partial charge in [0.05, 0.1) is 40.8 Å². The summed E-state index contributed by atoms with van der Waals surface area (Å²) in [6.07, 6.45) is -0.754. The topological polar surface area (TPSA) is 87.0 Å². The second-order valence-corrected chi connectivity index (χ2v) is 9.71. The zero-order chi connectivity index (χ0) is 25.4. The average molecular weight is 512 g/mol. The molecule has 0 aliphatic carbocycles. The number of hydrogen-bond acceptors (Lipinski definition) is 6. The first-order valence-corrected chi connectivity index (χ1v) is 11.8. The quantitative estimate of drug-likeness (QED) is 0.313. The van der Waals surface area contributed by atoms with E-state index in [1.165, 1.54) is 37.5 Å². The standard InChI is InChI=1S/C22H17F5N4O3S/c1-2-35(32,33)18-10-15(34-19-5-3-4-7-28-19)11-30-20(18)16-9-14-6-8-31(17(14)12-29-16)13-21(23,24)22(25,26)27/h3-12H,2,13H2,1H3. The van der Waals surface area contributed by atoms with Crippen molar-refractivity contribution in [2.45, 2.75) is 30.5 Å². The van der Waals surface area contributed by atoms with Crippen molar-refractivity contribution in [3.8, 4) is 23.0 Å². The van der Waals surface area contributed by atoms with E-state index in [2.05, 4.69) is 15.0 Å². The third kappa shape index (κ3) is 4.94. The number of fused-ring (bicyclic) bond motifs is 1. The molecule has 0 unspecified atom stereocenters. The highest BCUT2D eigenvalue weighted by atomic mass is 32.2. The van der Waals surface area contributed by atoms with Gasteiger partial charge < -0.3 is 9.30 Å². The number of pyridine rings is 3. The molecular weight excluding hydrogens is 495 g/mol. The maximum atomic E-state index is 13.5. The fourth-order valence-corrected chi connectivity index (χ4v) is 4.31. The number of ether oxygens (including phenoxy) is 1. The molecule has 0 saturated heterocycles. The van der Waals surface area contributed by atoms with Crippen LogP contribution < -0.4 is 4.74 Å². The number of sulfone groups is 1. The minimum Gasteiger partial charge on any atom is -0.437 e. The van der Waals surface area contributed by atoms with Crippen LogP contribution in [0.3, 0.4) is 0 Å². The number of nitrogens with zero attached hydrogens (tertiary/aromatic N) is 4. The van der Waals surface area contributed by atoms with Crippen molar-refractivity contribution in [2.75, 3.05) is 5.75 Å². The number of hydrogen-bond donors (Lipinski definition) is 0. The molecule has 7 nitrogen and oxygen atoms in total. The highest BCUT2D eigenvalue weighted by molar-refractivity contribution is 7.91. The summed E-state index contributed by atoms with van der Waals surface area (Å²) >= 11 is 0. The molecule has 184 valence electrons. The van der Waals surface area contributed by atoms with Crippen molar-refractivity contribution in [1.29, 1.82) is 0 Å². The number of alkyl halides is 5. The summed E-state index contributed by atoms with van der Waals surface area (Å²) in [5.41, 5.74) is 0.0948. The van der Waals surface area contributed by atoms with Gasteiger partial charge in [-0.1, -0.05) is 13.0 Å². The van der Waals surface area contributed by atoms with E-state index in [4.69, 9.17) is 4.74 Å². The molecule has 0 fully saturated rings. The van der Waals surface area contributed by atoms with E-state index in [0.717, 1.165) is 17.0 Å². The Morgan fingerprint density at radius 2 is 1.77 bits per heavy atom. The number of rotatable bonds is 7. The Kier molecular flexibility index (Phi) is 6.21. The molecule has 0 N–H and O–H groups in total. The van der Waals surface area contributed by atoms with Crippen molar-refractivity contribution in [1.82, 2.24) is 19.5 Å². The van der Waals surface area contributed by atoms with Crippen molar-refractivity contribution in [3.05, 3.63) is 61.2 Å². The van der Waals surface area contributed by atoms with Crippen molar-refractivity contribution in [3.63, 3.8) is 0 Å². The van der Waals surface area contributed by atoms with Crippen LogP contribution in [0.1, 0.15) is 6.92 Å². The summed E-state index contributed by atoms with van der Waals surface area (Å²) in [5, 5.41) is 0.281. The lowest BCUT2D eigenvalue weighted by molar-refractivity contribution is -0.286. The lowest BCUT2D eigenvalue weighted by atomic mass is 10.2. The van der Waals surface area contributed by atoms with Crippen LogP contribution in [0.15, 0.2) is 66.1 Å². The van der Waals surface area contributed by atoms with Gasteiger partial charge in [0.2, 0.25) is 5.88 Å². The van der Waals surface area contributed by atoms with E-state index in [0.29, 0.717) is 0 Å². The van der Waals surface area contributed by atoms with Gasteiger partial charge in [0.25, 0.3) is 0 Å². The van der Waals surface area contributed by atoms with E-state index in [1.54, 1.807) is 18.2 Å². The van der Waals surface area contributed by atoms with Gasteiger partial charge in [-0.05, 0) is 18.2 Å². The minimum absolute atomic E-state index is 0.0181. The molecule has 4 heterocycles. The Hall–Kier alpha value is -3.61. The maximum Gasteiger partial charge on any atom is 0.455 e. The van der Waals surface area contributed by atoms with Crippen LogP contribution in [-0.2, 0) is 16.4 Å². The average Bonchev–Trinajstić information content (AvgIpc) is 3.20. The molecule has 4 rings (SSSR count). The smallest absolute Gasteiger partial charge is 0.437 e. The summed E-state index contributed by atoms with van der Waals surface area (Å²) < 4.78 is 96.8. The van der Waals surface area contributed by atoms with Gasteiger partial charge in [0.1, 0.15) is 11.4 Å². The summed E-state index contributed by atoms with van der Waals surface area (Å²) in [5.74, 6) is -4.86. The molecule has 0 aliphatic rings. The molecule has 4 aromatic rings. The Labute approximate surface area is 196 Å². The Morgan fingerprint density at radius 1 is 1.00 bits per heavy atom. The van der Waals surface area contributed by atoms with Crippen LogP contribution in [0.25, 0.3) is 22.3 Å². The molecule has 4 aromatic heterocycles. The predicted octanol–water partition coefficient (Wildman–Crippen LogP) is 5.28. The van der Waals surface area contributed by atoms with Gasteiger partial charge in [-0.15, -0.1) is 0 Å². The maximum absolute atomic E-state index is 13.5. The lowest BCUT2D eigenvalue weighted by Gasteiger charge is -2.20. The monoisotopic (exact) mass is 512 g/mol. The Balaban J connectivity index is 1.74.